The number of aromatic nitrogens is 1. The largest absolute Gasteiger partial charge is 0.496 e. The van der Waals surface area contributed by atoms with E-state index in [-0.39, 0.29) is 5.97 Å². The number of benzene rings is 2. The SMILES string of the molecule is COC(=O)c1ccc(Cc2cn(C)c3ccc(C=C(C)C(=O)OC(C)(C)C)cc23)c(OC)c1. The minimum absolute atomic E-state index is 0.327. The Morgan fingerprint density at radius 1 is 1.03 bits per heavy atom. The Morgan fingerprint density at radius 3 is 2.39 bits per heavy atom. The molecule has 1 aromatic heterocycles. The number of carbonyl (C=O) groups is 2. The molecule has 6 heteroatoms. The average molecular weight is 450 g/mol. The second-order valence-corrected chi connectivity index (χ2v) is 9.07. The molecule has 0 atom stereocenters. The van der Waals surface area contributed by atoms with Crippen LogP contribution in [0.2, 0.25) is 0 Å². The van der Waals surface area contributed by atoms with Crippen molar-refractivity contribution < 1.29 is 23.8 Å². The highest BCUT2D eigenvalue weighted by molar-refractivity contribution is 5.95. The van der Waals surface area contributed by atoms with Crippen molar-refractivity contribution in [1.29, 1.82) is 0 Å². The zero-order valence-electron chi connectivity index (χ0n) is 20.3. The highest BCUT2D eigenvalue weighted by Gasteiger charge is 2.18. The normalized spacial score (nSPS) is 12.0. The number of fused-ring (bicyclic) bond motifs is 1. The number of rotatable bonds is 6. The summed E-state index contributed by atoms with van der Waals surface area (Å²) in [4.78, 5) is 24.2. The predicted octanol–water partition coefficient (Wildman–Crippen LogP) is 5.31. The fraction of sp³-hybridized carbons (Fsp3) is 0.333. The minimum Gasteiger partial charge on any atom is -0.496 e. The number of hydrogen-bond donors (Lipinski definition) is 0. The molecule has 33 heavy (non-hydrogen) atoms. The van der Waals surface area contributed by atoms with Crippen LogP contribution in [-0.4, -0.2) is 36.3 Å². The van der Waals surface area contributed by atoms with E-state index in [2.05, 4.69) is 16.8 Å². The zero-order chi connectivity index (χ0) is 24.3. The molecule has 0 N–H and O–H groups in total. The van der Waals surface area contributed by atoms with Gasteiger partial charge in [0, 0.05) is 36.1 Å². The average Bonchev–Trinajstić information content (AvgIpc) is 3.06. The van der Waals surface area contributed by atoms with Crippen molar-refractivity contribution in [2.45, 2.75) is 39.7 Å². The third-order valence-corrected chi connectivity index (χ3v) is 5.29. The summed E-state index contributed by atoms with van der Waals surface area (Å²) in [6.07, 6.45) is 4.56. The molecule has 1 heterocycles. The van der Waals surface area contributed by atoms with Gasteiger partial charge in [-0.25, -0.2) is 9.59 Å². The van der Waals surface area contributed by atoms with Crippen LogP contribution in [-0.2, 0) is 27.7 Å². The number of esters is 2. The summed E-state index contributed by atoms with van der Waals surface area (Å²) < 4.78 is 17.9. The van der Waals surface area contributed by atoms with E-state index in [9.17, 15) is 9.59 Å². The quantitative estimate of drug-likeness (QED) is 0.377. The Bertz CT molecular complexity index is 1230. The third-order valence-electron chi connectivity index (χ3n) is 5.29. The summed E-state index contributed by atoms with van der Waals surface area (Å²) >= 11 is 0. The topological polar surface area (TPSA) is 66.8 Å². The second kappa shape index (κ2) is 9.53. The van der Waals surface area contributed by atoms with Gasteiger partial charge in [0.2, 0.25) is 0 Å². The Hall–Kier alpha value is -3.54. The maximum atomic E-state index is 12.4. The molecule has 3 rings (SSSR count). The van der Waals surface area contributed by atoms with E-state index in [0.29, 0.717) is 23.3 Å². The molecular weight excluding hydrogens is 418 g/mol. The number of hydrogen-bond acceptors (Lipinski definition) is 5. The smallest absolute Gasteiger partial charge is 0.337 e. The van der Waals surface area contributed by atoms with Crippen molar-refractivity contribution in [2.75, 3.05) is 14.2 Å². The molecule has 0 aliphatic rings. The first kappa shape index (κ1) is 24.1. The molecule has 0 unspecified atom stereocenters. The Balaban J connectivity index is 1.96. The van der Waals surface area contributed by atoms with Crippen LogP contribution in [0.3, 0.4) is 0 Å². The maximum Gasteiger partial charge on any atom is 0.337 e. The molecule has 0 fully saturated rings. The molecule has 0 radical (unpaired) electrons. The molecule has 0 bridgehead atoms. The minimum atomic E-state index is -0.536. The van der Waals surface area contributed by atoms with Gasteiger partial charge >= 0.3 is 11.9 Å². The van der Waals surface area contributed by atoms with Crippen molar-refractivity contribution in [3.8, 4) is 5.75 Å². The fourth-order valence-electron chi connectivity index (χ4n) is 3.73. The van der Waals surface area contributed by atoms with Crippen molar-refractivity contribution in [3.63, 3.8) is 0 Å². The van der Waals surface area contributed by atoms with Gasteiger partial charge in [0.05, 0.1) is 19.8 Å². The van der Waals surface area contributed by atoms with E-state index in [1.54, 1.807) is 26.2 Å². The third kappa shape index (κ3) is 5.64. The van der Waals surface area contributed by atoms with Gasteiger partial charge in [-0.1, -0.05) is 12.1 Å². The molecule has 0 aliphatic carbocycles. The first-order valence-electron chi connectivity index (χ1n) is 10.8. The fourth-order valence-corrected chi connectivity index (χ4v) is 3.73. The van der Waals surface area contributed by atoms with Crippen LogP contribution in [0.4, 0.5) is 0 Å². The number of methoxy groups -OCH3 is 2. The van der Waals surface area contributed by atoms with Gasteiger partial charge in [-0.05, 0) is 74.7 Å². The molecule has 0 saturated heterocycles. The summed E-state index contributed by atoms with van der Waals surface area (Å²) in [7, 11) is 4.95. The molecule has 3 aromatic rings. The highest BCUT2D eigenvalue weighted by Crippen LogP contribution is 2.29. The van der Waals surface area contributed by atoms with E-state index in [4.69, 9.17) is 14.2 Å². The van der Waals surface area contributed by atoms with E-state index in [1.807, 2.05) is 52.1 Å². The molecule has 0 saturated carbocycles. The van der Waals surface area contributed by atoms with Gasteiger partial charge in [0.25, 0.3) is 0 Å². The first-order chi connectivity index (χ1) is 15.5. The van der Waals surface area contributed by atoms with Crippen LogP contribution in [0.15, 0.2) is 48.2 Å². The Morgan fingerprint density at radius 2 is 1.76 bits per heavy atom. The number of ether oxygens (including phenoxy) is 3. The van der Waals surface area contributed by atoms with Crippen LogP contribution >= 0.6 is 0 Å². The van der Waals surface area contributed by atoms with Gasteiger partial charge in [0.1, 0.15) is 11.4 Å². The highest BCUT2D eigenvalue weighted by atomic mass is 16.6. The summed E-state index contributed by atoms with van der Waals surface area (Å²) in [6.45, 7) is 7.32. The zero-order valence-corrected chi connectivity index (χ0v) is 20.3. The molecular formula is C27H31NO5. The lowest BCUT2D eigenvalue weighted by Gasteiger charge is -2.19. The first-order valence-corrected chi connectivity index (χ1v) is 10.8. The number of nitrogens with zero attached hydrogens (tertiary/aromatic N) is 1. The van der Waals surface area contributed by atoms with Crippen molar-refractivity contribution in [2.24, 2.45) is 7.05 Å². The van der Waals surface area contributed by atoms with Gasteiger partial charge < -0.3 is 18.8 Å². The molecule has 0 amide bonds. The lowest BCUT2D eigenvalue weighted by atomic mass is 10.00. The van der Waals surface area contributed by atoms with Crippen LogP contribution in [0.5, 0.6) is 5.75 Å². The monoisotopic (exact) mass is 449 g/mol. The molecule has 174 valence electrons. The molecule has 6 nitrogen and oxygen atoms in total. The summed E-state index contributed by atoms with van der Waals surface area (Å²) in [5.41, 5.74) is 4.53. The van der Waals surface area contributed by atoms with Crippen molar-refractivity contribution in [3.05, 3.63) is 70.4 Å². The van der Waals surface area contributed by atoms with Crippen molar-refractivity contribution in [1.82, 2.24) is 4.57 Å². The van der Waals surface area contributed by atoms with Crippen LogP contribution in [0.25, 0.3) is 17.0 Å². The van der Waals surface area contributed by atoms with Crippen molar-refractivity contribution >= 4 is 28.9 Å². The summed E-state index contributed by atoms with van der Waals surface area (Å²) in [5, 5.41) is 1.09. The molecule has 0 spiro atoms. The maximum absolute atomic E-state index is 12.4. The van der Waals surface area contributed by atoms with Crippen LogP contribution < -0.4 is 4.74 Å². The Labute approximate surface area is 194 Å². The predicted molar refractivity (Wildman–Crippen MR) is 130 cm³/mol. The summed E-state index contributed by atoms with van der Waals surface area (Å²) in [6, 6.07) is 11.4. The summed E-state index contributed by atoms with van der Waals surface area (Å²) in [5.74, 6) is -0.0974. The second-order valence-electron chi connectivity index (χ2n) is 9.07. The van der Waals surface area contributed by atoms with E-state index >= 15 is 0 Å². The Kier molecular flexibility index (Phi) is 6.96. The van der Waals surface area contributed by atoms with Gasteiger partial charge in [-0.3, -0.25) is 0 Å². The number of aryl methyl sites for hydroxylation is 1. The molecule has 2 aromatic carbocycles. The van der Waals surface area contributed by atoms with Crippen LogP contribution in [0, 0.1) is 0 Å². The lowest BCUT2D eigenvalue weighted by Crippen LogP contribution is -2.24. The molecule has 0 aliphatic heterocycles. The lowest BCUT2D eigenvalue weighted by molar-refractivity contribution is -0.149. The van der Waals surface area contributed by atoms with E-state index in [0.717, 1.165) is 27.6 Å². The van der Waals surface area contributed by atoms with Crippen LogP contribution in [0.1, 0.15) is 54.7 Å². The number of carbonyl (C=O) groups excluding carboxylic acids is 2. The van der Waals surface area contributed by atoms with Gasteiger partial charge in [-0.2, -0.15) is 0 Å². The standard InChI is InChI=1S/C27H31NO5/c1-17(25(29)33-27(2,3)4)12-18-8-11-23-22(13-18)21(16-28(23)5)14-19-9-10-20(26(30)32-7)15-24(19)31-6/h8-13,15-16H,14H2,1-7H3. The van der Waals surface area contributed by atoms with E-state index in [1.165, 1.54) is 7.11 Å². The van der Waals surface area contributed by atoms with Gasteiger partial charge in [0.15, 0.2) is 0 Å². The van der Waals surface area contributed by atoms with E-state index < -0.39 is 11.6 Å². The van der Waals surface area contributed by atoms with Gasteiger partial charge in [-0.15, -0.1) is 0 Å².